The summed E-state index contributed by atoms with van der Waals surface area (Å²) in [6.45, 7) is 4.22. The zero-order chi connectivity index (χ0) is 21.0. The van der Waals surface area contributed by atoms with Gasteiger partial charge in [0.2, 0.25) is 0 Å². The van der Waals surface area contributed by atoms with Crippen LogP contribution in [-0.2, 0) is 9.63 Å². The van der Waals surface area contributed by atoms with Crippen molar-refractivity contribution >= 4 is 23.2 Å². The Bertz CT molecular complexity index is 940. The Morgan fingerprint density at radius 2 is 2.10 bits per heavy atom. The lowest BCUT2D eigenvalue weighted by Crippen LogP contribution is -2.21. The zero-order valence-corrected chi connectivity index (χ0v) is 16.3. The summed E-state index contributed by atoms with van der Waals surface area (Å²) in [7, 11) is 0. The lowest BCUT2D eigenvalue weighted by atomic mass is 9.98. The number of oxime groups is 1. The average molecular weight is 396 g/mol. The summed E-state index contributed by atoms with van der Waals surface area (Å²) in [6, 6.07) is 11.1. The SMILES string of the molecule is CCOc1cc(C(Nc2ccc(C(=N)N)cc2)C(=O)O)cc([C@@H]2CC(C)=NO2)c1. The number of carboxylic acid groups (broad SMARTS) is 1. The van der Waals surface area contributed by atoms with Crippen LogP contribution in [0.5, 0.6) is 5.75 Å². The fourth-order valence-electron chi connectivity index (χ4n) is 3.12. The van der Waals surface area contributed by atoms with Gasteiger partial charge in [0, 0.05) is 17.7 Å². The van der Waals surface area contributed by atoms with Crippen molar-refractivity contribution in [1.82, 2.24) is 0 Å². The Labute approximate surface area is 168 Å². The minimum atomic E-state index is -1.03. The first-order valence-corrected chi connectivity index (χ1v) is 9.28. The molecule has 0 spiro atoms. The first kappa shape index (κ1) is 20.2. The van der Waals surface area contributed by atoms with E-state index in [1.807, 2.05) is 19.9 Å². The summed E-state index contributed by atoms with van der Waals surface area (Å²) in [4.78, 5) is 17.5. The molecule has 0 aliphatic carbocycles. The zero-order valence-electron chi connectivity index (χ0n) is 16.3. The number of nitrogen functional groups attached to an aromatic ring is 1. The van der Waals surface area contributed by atoms with E-state index in [1.54, 1.807) is 36.4 Å². The lowest BCUT2D eigenvalue weighted by molar-refractivity contribution is -0.138. The van der Waals surface area contributed by atoms with E-state index in [1.165, 1.54) is 0 Å². The molecule has 1 aliphatic heterocycles. The molecule has 1 aliphatic rings. The quantitative estimate of drug-likeness (QED) is 0.399. The maximum atomic E-state index is 12.0. The van der Waals surface area contributed by atoms with Gasteiger partial charge in [-0.05, 0) is 67.4 Å². The first-order chi connectivity index (χ1) is 13.9. The normalized spacial score (nSPS) is 16.5. The fraction of sp³-hybridized carbons (Fsp3) is 0.286. The Morgan fingerprint density at radius 3 is 2.66 bits per heavy atom. The van der Waals surface area contributed by atoms with E-state index in [4.69, 9.17) is 20.7 Å². The molecule has 0 radical (unpaired) electrons. The van der Waals surface area contributed by atoms with Gasteiger partial charge in [0.15, 0.2) is 12.1 Å². The molecule has 2 atom stereocenters. The van der Waals surface area contributed by atoms with Crippen LogP contribution in [0.2, 0.25) is 0 Å². The third-order valence-electron chi connectivity index (χ3n) is 4.54. The van der Waals surface area contributed by atoms with E-state index in [0.29, 0.717) is 35.6 Å². The van der Waals surface area contributed by atoms with Crippen molar-refractivity contribution in [3.05, 3.63) is 59.2 Å². The molecule has 8 heteroatoms. The second kappa shape index (κ2) is 8.64. The number of nitrogens with one attached hydrogen (secondary N) is 2. The first-order valence-electron chi connectivity index (χ1n) is 9.28. The molecule has 2 aromatic rings. The molecule has 2 aromatic carbocycles. The van der Waals surface area contributed by atoms with Crippen molar-refractivity contribution in [3.8, 4) is 5.75 Å². The highest BCUT2D eigenvalue weighted by molar-refractivity contribution is 5.95. The van der Waals surface area contributed by atoms with E-state index < -0.39 is 12.0 Å². The number of ether oxygens (including phenoxy) is 1. The topological polar surface area (TPSA) is 130 Å². The Hall–Kier alpha value is -3.55. The predicted molar refractivity (Wildman–Crippen MR) is 111 cm³/mol. The molecular formula is C21H24N4O4. The van der Waals surface area contributed by atoms with Crippen LogP contribution in [0.3, 0.4) is 0 Å². The predicted octanol–water partition coefficient (Wildman–Crippen LogP) is 3.44. The molecule has 0 aromatic heterocycles. The van der Waals surface area contributed by atoms with Crippen LogP contribution in [-0.4, -0.2) is 29.2 Å². The standard InChI is InChI=1S/C21H24N4O4/c1-3-28-17-10-14(18-8-12(2)25-29-18)9-15(11-17)19(21(26)27)24-16-6-4-13(5-7-16)20(22)23/h4-7,9-11,18-19,24H,3,8H2,1-2H3,(H3,22,23)(H,26,27)/t18-,19?/m0/s1. The molecule has 1 heterocycles. The average Bonchev–Trinajstić information content (AvgIpc) is 3.12. The van der Waals surface area contributed by atoms with Gasteiger partial charge in [-0.2, -0.15) is 0 Å². The Kier molecular flexibility index (Phi) is 6.01. The monoisotopic (exact) mass is 396 g/mol. The summed E-state index contributed by atoms with van der Waals surface area (Å²) < 4.78 is 5.64. The molecule has 152 valence electrons. The molecule has 3 rings (SSSR count). The summed E-state index contributed by atoms with van der Waals surface area (Å²) in [5, 5.41) is 24.3. The van der Waals surface area contributed by atoms with Gasteiger partial charge in [0.05, 0.1) is 12.3 Å². The van der Waals surface area contributed by atoms with Crippen LogP contribution < -0.4 is 15.8 Å². The minimum absolute atomic E-state index is 0.0468. The second-order valence-corrected chi connectivity index (χ2v) is 6.80. The second-order valence-electron chi connectivity index (χ2n) is 6.80. The molecule has 0 bridgehead atoms. The largest absolute Gasteiger partial charge is 0.494 e. The molecule has 8 nitrogen and oxygen atoms in total. The number of hydrogen-bond acceptors (Lipinski definition) is 6. The molecule has 0 saturated carbocycles. The number of amidine groups is 1. The van der Waals surface area contributed by atoms with Gasteiger partial charge in [0.25, 0.3) is 0 Å². The summed E-state index contributed by atoms with van der Waals surface area (Å²) in [5.41, 5.74) is 8.88. The Balaban J connectivity index is 1.92. The van der Waals surface area contributed by atoms with E-state index in [-0.39, 0.29) is 11.9 Å². The number of hydrogen-bond donors (Lipinski definition) is 4. The van der Waals surface area contributed by atoms with Crippen LogP contribution in [0.1, 0.15) is 49.1 Å². The van der Waals surface area contributed by atoms with Crippen LogP contribution in [0.15, 0.2) is 47.6 Å². The Morgan fingerprint density at radius 1 is 1.38 bits per heavy atom. The number of benzene rings is 2. The fourth-order valence-corrected chi connectivity index (χ4v) is 3.12. The van der Waals surface area contributed by atoms with Crippen LogP contribution >= 0.6 is 0 Å². The third-order valence-corrected chi connectivity index (χ3v) is 4.54. The van der Waals surface area contributed by atoms with Crippen LogP contribution in [0.25, 0.3) is 0 Å². The molecule has 0 fully saturated rings. The number of rotatable bonds is 8. The molecule has 0 saturated heterocycles. The van der Waals surface area contributed by atoms with Crippen molar-refractivity contribution in [1.29, 1.82) is 5.41 Å². The molecule has 5 N–H and O–H groups in total. The smallest absolute Gasteiger partial charge is 0.330 e. The third kappa shape index (κ3) is 4.84. The van der Waals surface area contributed by atoms with Crippen molar-refractivity contribution in [3.63, 3.8) is 0 Å². The maximum absolute atomic E-state index is 12.0. The molecular weight excluding hydrogens is 372 g/mol. The van der Waals surface area contributed by atoms with E-state index in [9.17, 15) is 9.90 Å². The highest BCUT2D eigenvalue weighted by Crippen LogP contribution is 2.33. The van der Waals surface area contributed by atoms with Crippen molar-refractivity contribution in [2.75, 3.05) is 11.9 Å². The summed E-state index contributed by atoms with van der Waals surface area (Å²) >= 11 is 0. The van der Waals surface area contributed by atoms with Crippen molar-refractivity contribution in [2.45, 2.75) is 32.4 Å². The summed E-state index contributed by atoms with van der Waals surface area (Å²) in [6.07, 6.45) is 0.380. The van der Waals surface area contributed by atoms with Gasteiger partial charge in [0.1, 0.15) is 11.6 Å². The molecule has 0 amide bonds. The number of carboxylic acids is 1. The number of aliphatic carboxylic acids is 1. The van der Waals surface area contributed by atoms with Gasteiger partial charge in [-0.25, -0.2) is 4.79 Å². The highest BCUT2D eigenvalue weighted by Gasteiger charge is 2.26. The van der Waals surface area contributed by atoms with Crippen molar-refractivity contribution in [2.24, 2.45) is 10.9 Å². The molecule has 1 unspecified atom stereocenters. The van der Waals surface area contributed by atoms with E-state index >= 15 is 0 Å². The maximum Gasteiger partial charge on any atom is 0.330 e. The van der Waals surface area contributed by atoms with E-state index in [2.05, 4.69) is 10.5 Å². The van der Waals surface area contributed by atoms with Gasteiger partial charge in [-0.3, -0.25) is 5.41 Å². The summed E-state index contributed by atoms with van der Waals surface area (Å²) in [5.74, 6) is -0.498. The lowest BCUT2D eigenvalue weighted by Gasteiger charge is -2.20. The number of anilines is 1. The highest BCUT2D eigenvalue weighted by atomic mass is 16.6. The van der Waals surface area contributed by atoms with Crippen molar-refractivity contribution < 1.29 is 19.5 Å². The number of carbonyl (C=O) groups is 1. The van der Waals surface area contributed by atoms with Gasteiger partial charge >= 0.3 is 5.97 Å². The van der Waals surface area contributed by atoms with Gasteiger partial charge < -0.3 is 25.7 Å². The van der Waals surface area contributed by atoms with E-state index in [0.717, 1.165) is 11.3 Å². The van der Waals surface area contributed by atoms with Gasteiger partial charge in [-0.1, -0.05) is 5.16 Å². The van der Waals surface area contributed by atoms with Crippen LogP contribution in [0, 0.1) is 5.41 Å². The van der Waals surface area contributed by atoms with Crippen LogP contribution in [0.4, 0.5) is 5.69 Å². The number of nitrogens with zero attached hydrogens (tertiary/aromatic N) is 1. The molecule has 29 heavy (non-hydrogen) atoms. The van der Waals surface area contributed by atoms with Gasteiger partial charge in [-0.15, -0.1) is 0 Å². The minimum Gasteiger partial charge on any atom is -0.494 e. The number of nitrogens with two attached hydrogens (primary N) is 1.